The van der Waals surface area contributed by atoms with Crippen molar-refractivity contribution in [1.29, 1.82) is 0 Å². The highest BCUT2D eigenvalue weighted by Crippen LogP contribution is 2.32. The van der Waals surface area contributed by atoms with Crippen LogP contribution in [0.3, 0.4) is 0 Å². The Hall–Kier alpha value is -0.630. The third-order valence-corrected chi connectivity index (χ3v) is 4.30. The van der Waals surface area contributed by atoms with Crippen molar-refractivity contribution < 1.29 is 4.79 Å². The summed E-state index contributed by atoms with van der Waals surface area (Å²) in [5.41, 5.74) is 1.43. The Balaban J connectivity index is 2.21. The van der Waals surface area contributed by atoms with Gasteiger partial charge < -0.3 is 0 Å². The van der Waals surface area contributed by atoms with Crippen molar-refractivity contribution in [2.45, 2.75) is 39.5 Å². The minimum absolute atomic E-state index is 0.189. The van der Waals surface area contributed by atoms with Crippen molar-refractivity contribution in [3.63, 3.8) is 0 Å². The van der Waals surface area contributed by atoms with Gasteiger partial charge >= 0.3 is 0 Å². The van der Waals surface area contributed by atoms with Crippen LogP contribution in [0.5, 0.6) is 0 Å². The summed E-state index contributed by atoms with van der Waals surface area (Å²) in [6.07, 6.45) is 4.59. The van der Waals surface area contributed by atoms with Crippen LogP contribution in [0.2, 0.25) is 0 Å². The molecule has 0 saturated heterocycles. The highest BCUT2D eigenvalue weighted by molar-refractivity contribution is 7.14. The number of hydrogen-bond acceptors (Lipinski definition) is 2. The van der Waals surface area contributed by atoms with Crippen molar-refractivity contribution in [2.24, 2.45) is 5.92 Å². The van der Waals surface area contributed by atoms with E-state index in [1.807, 2.05) is 6.92 Å². The minimum atomic E-state index is 0.189. The summed E-state index contributed by atoms with van der Waals surface area (Å²) < 4.78 is 0. The lowest BCUT2D eigenvalue weighted by molar-refractivity contribution is 0.0931. The number of carbonyl (C=O) groups excluding carboxylic acids is 1. The molecule has 0 radical (unpaired) electrons. The second kappa shape index (κ2) is 3.85. The zero-order valence-corrected chi connectivity index (χ0v) is 9.62. The molecular weight excluding hydrogens is 192 g/mol. The molecule has 76 valence electrons. The molecule has 1 atom stereocenters. The number of fused-ring (bicyclic) bond motifs is 1. The molecule has 1 aliphatic carbocycles. The van der Waals surface area contributed by atoms with Crippen molar-refractivity contribution >= 4 is 17.1 Å². The lowest BCUT2D eigenvalue weighted by Crippen LogP contribution is -2.08. The molecule has 1 unspecified atom stereocenters. The van der Waals surface area contributed by atoms with Gasteiger partial charge in [-0.15, -0.1) is 11.3 Å². The van der Waals surface area contributed by atoms with Gasteiger partial charge in [0.05, 0.1) is 4.88 Å². The largest absolute Gasteiger partial charge is 0.293 e. The first-order chi connectivity index (χ1) is 6.72. The van der Waals surface area contributed by atoms with Crippen molar-refractivity contribution in [3.8, 4) is 0 Å². The number of carbonyl (C=O) groups is 1. The Morgan fingerprint density at radius 3 is 3.00 bits per heavy atom. The molecule has 2 rings (SSSR count). The quantitative estimate of drug-likeness (QED) is 0.695. The molecule has 0 aromatic carbocycles. The van der Waals surface area contributed by atoms with Crippen molar-refractivity contribution in [3.05, 3.63) is 21.4 Å². The maximum atomic E-state index is 11.9. The number of thiophene rings is 1. The lowest BCUT2D eigenvalue weighted by atomic mass is 10.0. The summed E-state index contributed by atoms with van der Waals surface area (Å²) in [7, 11) is 0. The fourth-order valence-corrected chi connectivity index (χ4v) is 3.19. The average molecular weight is 208 g/mol. The molecular formula is C12H16OS. The summed E-state index contributed by atoms with van der Waals surface area (Å²) >= 11 is 1.72. The first-order valence-electron chi connectivity index (χ1n) is 5.38. The van der Waals surface area contributed by atoms with E-state index >= 15 is 0 Å². The fraction of sp³-hybridized carbons (Fsp3) is 0.583. The van der Waals surface area contributed by atoms with E-state index in [1.54, 1.807) is 11.3 Å². The van der Waals surface area contributed by atoms with Gasteiger partial charge in [0.15, 0.2) is 5.78 Å². The van der Waals surface area contributed by atoms with Gasteiger partial charge in [0.25, 0.3) is 0 Å². The van der Waals surface area contributed by atoms with Crippen LogP contribution in [0.1, 0.15) is 46.8 Å². The van der Waals surface area contributed by atoms with Crippen LogP contribution >= 0.6 is 11.3 Å². The van der Waals surface area contributed by atoms with Crippen molar-refractivity contribution in [1.82, 2.24) is 0 Å². The maximum Gasteiger partial charge on any atom is 0.175 e. The Bertz CT molecular complexity index is 330. The van der Waals surface area contributed by atoms with E-state index < -0.39 is 0 Å². The molecule has 1 aliphatic rings. The Labute approximate surface area is 89.1 Å². The predicted octanol–water partition coefficient (Wildman–Crippen LogP) is 3.47. The number of aryl methyl sites for hydroxylation is 2. The molecule has 0 amide bonds. The number of Topliss-reactive ketones (excluding diaryl/α,β-unsaturated/α-hetero) is 1. The Morgan fingerprint density at radius 1 is 1.57 bits per heavy atom. The maximum absolute atomic E-state index is 11.9. The van der Waals surface area contributed by atoms with Crippen LogP contribution in [-0.4, -0.2) is 5.78 Å². The molecule has 1 aromatic rings. The highest BCUT2D eigenvalue weighted by atomic mass is 32.1. The number of rotatable bonds is 3. The third kappa shape index (κ3) is 1.63. The van der Waals surface area contributed by atoms with Gasteiger partial charge in [-0.3, -0.25) is 4.79 Å². The van der Waals surface area contributed by atoms with E-state index in [0.717, 1.165) is 11.3 Å². The lowest BCUT2D eigenvalue weighted by Gasteiger charge is -2.04. The van der Waals surface area contributed by atoms with Gasteiger partial charge in [0.2, 0.25) is 0 Å². The molecule has 0 aliphatic heterocycles. The number of hydrogen-bond donors (Lipinski definition) is 0. The fourth-order valence-electron chi connectivity index (χ4n) is 1.88. The van der Waals surface area contributed by atoms with Crippen LogP contribution in [0, 0.1) is 5.92 Å². The standard InChI is InChI=1S/C12H16OS/c1-3-8(2)12(13)11-7-9-5-4-6-10(9)14-11/h7-8H,3-6H2,1-2H3. The van der Waals surface area contributed by atoms with E-state index in [2.05, 4.69) is 13.0 Å². The normalized spacial score (nSPS) is 16.7. The van der Waals surface area contributed by atoms with Crippen LogP contribution < -0.4 is 0 Å². The van der Waals surface area contributed by atoms with E-state index in [0.29, 0.717) is 5.78 Å². The Morgan fingerprint density at radius 2 is 2.36 bits per heavy atom. The molecule has 0 spiro atoms. The summed E-state index contributed by atoms with van der Waals surface area (Å²) in [6.45, 7) is 4.09. The third-order valence-electron chi connectivity index (χ3n) is 3.05. The van der Waals surface area contributed by atoms with Gasteiger partial charge in [-0.25, -0.2) is 0 Å². The summed E-state index contributed by atoms with van der Waals surface area (Å²) in [6, 6.07) is 2.13. The first kappa shape index (κ1) is 9.91. The zero-order valence-electron chi connectivity index (χ0n) is 8.80. The predicted molar refractivity (Wildman–Crippen MR) is 60.1 cm³/mol. The molecule has 0 bridgehead atoms. The summed E-state index contributed by atoms with van der Waals surface area (Å²) in [5.74, 6) is 0.528. The first-order valence-corrected chi connectivity index (χ1v) is 6.19. The van der Waals surface area contributed by atoms with Gasteiger partial charge in [0, 0.05) is 10.8 Å². The molecule has 2 heteroatoms. The SMILES string of the molecule is CCC(C)C(=O)c1cc2c(s1)CCC2. The van der Waals surface area contributed by atoms with Gasteiger partial charge in [-0.2, -0.15) is 0 Å². The monoisotopic (exact) mass is 208 g/mol. The topological polar surface area (TPSA) is 17.1 Å². The van der Waals surface area contributed by atoms with E-state index in [-0.39, 0.29) is 5.92 Å². The second-order valence-electron chi connectivity index (χ2n) is 4.09. The van der Waals surface area contributed by atoms with E-state index in [9.17, 15) is 4.79 Å². The molecule has 0 saturated carbocycles. The van der Waals surface area contributed by atoms with Gasteiger partial charge in [-0.05, 0) is 37.3 Å². The molecule has 14 heavy (non-hydrogen) atoms. The summed E-state index contributed by atoms with van der Waals surface area (Å²) in [5, 5.41) is 0. The Kier molecular flexibility index (Phi) is 2.73. The van der Waals surface area contributed by atoms with Crippen molar-refractivity contribution in [2.75, 3.05) is 0 Å². The second-order valence-corrected chi connectivity index (χ2v) is 5.22. The van der Waals surface area contributed by atoms with Crippen LogP contribution in [-0.2, 0) is 12.8 Å². The minimum Gasteiger partial charge on any atom is -0.293 e. The average Bonchev–Trinajstić information content (AvgIpc) is 2.74. The highest BCUT2D eigenvalue weighted by Gasteiger charge is 2.20. The zero-order chi connectivity index (χ0) is 10.1. The van der Waals surface area contributed by atoms with E-state index in [4.69, 9.17) is 0 Å². The van der Waals surface area contributed by atoms with Gasteiger partial charge in [0.1, 0.15) is 0 Å². The molecule has 1 heterocycles. The van der Waals surface area contributed by atoms with E-state index in [1.165, 1.54) is 29.7 Å². The van der Waals surface area contributed by atoms with Crippen LogP contribution in [0.15, 0.2) is 6.07 Å². The smallest absolute Gasteiger partial charge is 0.175 e. The van der Waals surface area contributed by atoms with Gasteiger partial charge in [-0.1, -0.05) is 13.8 Å². The molecule has 0 fully saturated rings. The molecule has 0 N–H and O–H groups in total. The van der Waals surface area contributed by atoms with Crippen LogP contribution in [0.4, 0.5) is 0 Å². The summed E-state index contributed by atoms with van der Waals surface area (Å²) in [4.78, 5) is 14.3. The molecule has 1 aromatic heterocycles. The van der Waals surface area contributed by atoms with Crippen LogP contribution in [0.25, 0.3) is 0 Å². The number of ketones is 1. The molecule has 1 nitrogen and oxygen atoms in total.